The lowest BCUT2D eigenvalue weighted by Gasteiger charge is -2.31. The Morgan fingerprint density at radius 1 is 1.12 bits per heavy atom. The first kappa shape index (κ1) is 15.2. The standard InChI is InChI=1S/C18H16BrN3O2/c1-23-15-9-14-16-13(17(15)24-2)6-7-22(18(16)21-10-20-14)12-5-3-4-11(19)8-12/h3-5,8-10H,6-7H2,1-2H3. The number of hydrogen-bond acceptors (Lipinski definition) is 5. The summed E-state index contributed by atoms with van der Waals surface area (Å²) in [6, 6.07) is 10.1. The first-order valence-corrected chi connectivity index (χ1v) is 8.44. The summed E-state index contributed by atoms with van der Waals surface area (Å²) in [4.78, 5) is 11.2. The van der Waals surface area contributed by atoms with Crippen LogP contribution >= 0.6 is 15.9 Å². The number of hydrogen-bond donors (Lipinski definition) is 0. The lowest BCUT2D eigenvalue weighted by Crippen LogP contribution is -2.26. The van der Waals surface area contributed by atoms with Crippen LogP contribution in [0.2, 0.25) is 0 Å². The van der Waals surface area contributed by atoms with E-state index < -0.39 is 0 Å². The van der Waals surface area contributed by atoms with Crippen molar-refractivity contribution in [3.63, 3.8) is 0 Å². The topological polar surface area (TPSA) is 47.5 Å². The highest BCUT2D eigenvalue weighted by Gasteiger charge is 2.26. The van der Waals surface area contributed by atoms with Crippen LogP contribution in [0.3, 0.4) is 0 Å². The van der Waals surface area contributed by atoms with Crippen LogP contribution in [0, 0.1) is 0 Å². The summed E-state index contributed by atoms with van der Waals surface area (Å²) >= 11 is 3.54. The molecule has 2 heterocycles. The highest BCUT2D eigenvalue weighted by Crippen LogP contribution is 2.44. The van der Waals surface area contributed by atoms with E-state index >= 15 is 0 Å². The number of anilines is 2. The van der Waals surface area contributed by atoms with Gasteiger partial charge in [0.2, 0.25) is 0 Å². The fourth-order valence-electron chi connectivity index (χ4n) is 3.28. The minimum absolute atomic E-state index is 0.709. The average Bonchev–Trinajstić information content (AvgIpc) is 2.61. The van der Waals surface area contributed by atoms with Gasteiger partial charge in [-0.3, -0.25) is 0 Å². The number of ether oxygens (including phenoxy) is 2. The molecule has 3 aromatic rings. The van der Waals surface area contributed by atoms with E-state index in [9.17, 15) is 0 Å². The molecule has 1 aromatic heterocycles. The molecule has 0 amide bonds. The first-order chi connectivity index (χ1) is 11.7. The Morgan fingerprint density at radius 2 is 2.00 bits per heavy atom. The summed E-state index contributed by atoms with van der Waals surface area (Å²) in [7, 11) is 3.32. The third-order valence-corrected chi connectivity index (χ3v) is 4.80. The van der Waals surface area contributed by atoms with Crippen LogP contribution in [-0.2, 0) is 6.42 Å². The van der Waals surface area contributed by atoms with E-state index in [1.807, 2.05) is 18.2 Å². The van der Waals surface area contributed by atoms with Crippen molar-refractivity contribution in [2.45, 2.75) is 6.42 Å². The highest BCUT2D eigenvalue weighted by molar-refractivity contribution is 9.10. The minimum atomic E-state index is 0.709. The van der Waals surface area contributed by atoms with Gasteiger partial charge in [0.25, 0.3) is 0 Å². The Morgan fingerprint density at radius 3 is 2.75 bits per heavy atom. The van der Waals surface area contributed by atoms with E-state index in [2.05, 4.69) is 42.9 Å². The predicted molar refractivity (Wildman–Crippen MR) is 97.5 cm³/mol. The summed E-state index contributed by atoms with van der Waals surface area (Å²) < 4.78 is 12.1. The molecule has 0 fully saturated rings. The van der Waals surface area contributed by atoms with E-state index in [-0.39, 0.29) is 0 Å². The SMILES string of the molecule is COc1cc2ncnc3c2c(c1OC)CCN3c1cccc(Br)c1. The van der Waals surface area contributed by atoms with Crippen molar-refractivity contribution < 1.29 is 9.47 Å². The van der Waals surface area contributed by atoms with Gasteiger partial charge in [0.05, 0.1) is 25.1 Å². The van der Waals surface area contributed by atoms with E-state index in [1.54, 1.807) is 20.5 Å². The molecular weight excluding hydrogens is 370 g/mol. The van der Waals surface area contributed by atoms with Crippen molar-refractivity contribution in [2.75, 3.05) is 25.7 Å². The summed E-state index contributed by atoms with van der Waals surface area (Å²) in [5.41, 5.74) is 3.07. The van der Waals surface area contributed by atoms with Crippen LogP contribution in [0.1, 0.15) is 5.56 Å². The van der Waals surface area contributed by atoms with Crippen molar-refractivity contribution in [3.05, 3.63) is 46.7 Å². The maximum atomic E-state index is 5.61. The molecule has 5 nitrogen and oxygen atoms in total. The van der Waals surface area contributed by atoms with Gasteiger partial charge in [-0.1, -0.05) is 22.0 Å². The molecule has 0 saturated heterocycles. The predicted octanol–water partition coefficient (Wildman–Crippen LogP) is 4.10. The normalized spacial score (nSPS) is 13.2. The lowest BCUT2D eigenvalue weighted by atomic mass is 9.99. The second-order valence-electron chi connectivity index (χ2n) is 5.56. The molecule has 6 heteroatoms. The fraction of sp³-hybridized carbons (Fsp3) is 0.222. The van der Waals surface area contributed by atoms with Gasteiger partial charge in [0, 0.05) is 28.3 Å². The van der Waals surface area contributed by atoms with Crippen LogP contribution in [0.15, 0.2) is 41.1 Å². The Hall–Kier alpha value is -2.34. The molecular formula is C18H16BrN3O2. The number of nitrogens with zero attached hydrogens (tertiary/aromatic N) is 3. The van der Waals surface area contributed by atoms with E-state index in [1.165, 1.54) is 0 Å². The quantitative estimate of drug-likeness (QED) is 0.678. The molecule has 0 radical (unpaired) electrons. The van der Waals surface area contributed by atoms with Gasteiger partial charge in [-0.15, -0.1) is 0 Å². The minimum Gasteiger partial charge on any atom is -0.493 e. The summed E-state index contributed by atoms with van der Waals surface area (Å²) in [6.07, 6.45) is 2.44. The van der Waals surface area contributed by atoms with Crippen LogP contribution in [0.25, 0.3) is 10.9 Å². The zero-order valence-electron chi connectivity index (χ0n) is 13.4. The van der Waals surface area contributed by atoms with Gasteiger partial charge in [-0.05, 0) is 24.6 Å². The molecule has 122 valence electrons. The summed E-state index contributed by atoms with van der Waals surface area (Å²) in [6.45, 7) is 0.819. The molecule has 1 aliphatic rings. The molecule has 0 unspecified atom stereocenters. The van der Waals surface area contributed by atoms with Crippen molar-refractivity contribution in [2.24, 2.45) is 0 Å². The van der Waals surface area contributed by atoms with Gasteiger partial charge in [-0.2, -0.15) is 0 Å². The van der Waals surface area contributed by atoms with Crippen LogP contribution in [0.4, 0.5) is 11.5 Å². The van der Waals surface area contributed by atoms with E-state index in [0.29, 0.717) is 5.75 Å². The van der Waals surface area contributed by atoms with Gasteiger partial charge in [-0.25, -0.2) is 9.97 Å². The molecule has 4 rings (SSSR count). The Balaban J connectivity index is 1.98. The third kappa shape index (κ3) is 2.29. The molecule has 1 aliphatic heterocycles. The van der Waals surface area contributed by atoms with Gasteiger partial charge in [0.1, 0.15) is 12.1 Å². The number of aromatic nitrogens is 2. The number of benzene rings is 2. The van der Waals surface area contributed by atoms with Crippen molar-refractivity contribution in [1.82, 2.24) is 9.97 Å². The van der Waals surface area contributed by atoms with Crippen LogP contribution in [0.5, 0.6) is 11.5 Å². The van der Waals surface area contributed by atoms with E-state index in [0.717, 1.165) is 51.2 Å². The second-order valence-corrected chi connectivity index (χ2v) is 6.48. The van der Waals surface area contributed by atoms with Crippen molar-refractivity contribution in [3.8, 4) is 11.5 Å². The number of halogens is 1. The summed E-state index contributed by atoms with van der Waals surface area (Å²) in [5, 5.41) is 1.03. The molecule has 0 saturated carbocycles. The highest BCUT2D eigenvalue weighted by atomic mass is 79.9. The molecule has 0 bridgehead atoms. The number of rotatable bonds is 3. The zero-order valence-corrected chi connectivity index (χ0v) is 15.0. The van der Waals surface area contributed by atoms with Gasteiger partial charge < -0.3 is 14.4 Å². The maximum absolute atomic E-state index is 5.61. The Kier molecular flexibility index (Phi) is 3.76. The monoisotopic (exact) mass is 385 g/mol. The first-order valence-electron chi connectivity index (χ1n) is 7.64. The Labute approximate surface area is 148 Å². The van der Waals surface area contributed by atoms with Crippen LogP contribution < -0.4 is 14.4 Å². The second kappa shape index (κ2) is 5.94. The fourth-order valence-corrected chi connectivity index (χ4v) is 3.67. The largest absolute Gasteiger partial charge is 0.493 e. The molecule has 2 aromatic carbocycles. The number of methoxy groups -OCH3 is 2. The third-order valence-electron chi connectivity index (χ3n) is 4.31. The Bertz CT molecular complexity index is 930. The smallest absolute Gasteiger partial charge is 0.164 e. The van der Waals surface area contributed by atoms with Crippen LogP contribution in [-0.4, -0.2) is 30.7 Å². The van der Waals surface area contributed by atoms with Gasteiger partial charge in [0.15, 0.2) is 11.5 Å². The maximum Gasteiger partial charge on any atom is 0.164 e. The molecule has 0 spiro atoms. The molecule has 24 heavy (non-hydrogen) atoms. The molecule has 0 atom stereocenters. The van der Waals surface area contributed by atoms with Crippen molar-refractivity contribution in [1.29, 1.82) is 0 Å². The van der Waals surface area contributed by atoms with E-state index in [4.69, 9.17) is 9.47 Å². The van der Waals surface area contributed by atoms with Gasteiger partial charge >= 0.3 is 0 Å². The lowest BCUT2D eigenvalue weighted by molar-refractivity contribution is 0.352. The zero-order chi connectivity index (χ0) is 16.7. The molecule has 0 N–H and O–H groups in total. The van der Waals surface area contributed by atoms with Crippen molar-refractivity contribution >= 4 is 38.3 Å². The molecule has 0 aliphatic carbocycles. The summed E-state index contributed by atoms with van der Waals surface area (Å²) in [5.74, 6) is 2.39. The average molecular weight is 386 g/mol.